The molecule has 0 aliphatic carbocycles. The first-order chi connectivity index (χ1) is 5.74. The van der Waals surface area contributed by atoms with E-state index in [0.717, 1.165) is 16.1 Å². The van der Waals surface area contributed by atoms with Crippen LogP contribution in [0.4, 0.5) is 0 Å². The molecule has 1 aromatic heterocycles. The van der Waals surface area contributed by atoms with Crippen LogP contribution in [0.25, 0.3) is 12.7 Å². The summed E-state index contributed by atoms with van der Waals surface area (Å²) < 4.78 is 0. The third kappa shape index (κ3) is 2.02. The van der Waals surface area contributed by atoms with E-state index in [1.54, 1.807) is 13.3 Å². The van der Waals surface area contributed by atoms with Crippen LogP contribution in [-0.4, -0.2) is 18.2 Å². The van der Waals surface area contributed by atoms with E-state index in [1.165, 1.54) is 0 Å². The summed E-state index contributed by atoms with van der Waals surface area (Å²) in [5, 5.41) is 1.82. The van der Waals surface area contributed by atoms with Gasteiger partial charge < -0.3 is 0 Å². The molecule has 0 saturated heterocycles. The molecule has 0 bridgehead atoms. The maximum absolute atomic E-state index is 4.21. The van der Waals surface area contributed by atoms with Crippen molar-refractivity contribution in [1.29, 1.82) is 0 Å². The molecule has 0 fully saturated rings. The summed E-state index contributed by atoms with van der Waals surface area (Å²) in [5.41, 5.74) is 1.13. The van der Waals surface area contributed by atoms with Gasteiger partial charge in [0.15, 0.2) is 0 Å². The summed E-state index contributed by atoms with van der Waals surface area (Å²) in [5.74, 6) is 0. The highest BCUT2D eigenvalue weighted by Crippen LogP contribution is 1.81. The standard InChI is InChI=1S/C10H12N2/c1-8-6-9(2)10(12-7-8)4-5-11-3/h4-7H,2H2,1,3H3/b10-4+,11-5?. The van der Waals surface area contributed by atoms with E-state index >= 15 is 0 Å². The van der Waals surface area contributed by atoms with Gasteiger partial charge in [-0.3, -0.25) is 9.98 Å². The van der Waals surface area contributed by atoms with Crippen molar-refractivity contribution < 1.29 is 0 Å². The Labute approximate surface area is 72.0 Å². The molecule has 12 heavy (non-hydrogen) atoms. The van der Waals surface area contributed by atoms with Crippen molar-refractivity contribution in [3.63, 3.8) is 0 Å². The molecule has 0 atom stereocenters. The van der Waals surface area contributed by atoms with Crippen molar-refractivity contribution in [3.8, 4) is 0 Å². The lowest BCUT2D eigenvalue weighted by Crippen LogP contribution is -2.26. The van der Waals surface area contributed by atoms with Gasteiger partial charge in [0.25, 0.3) is 0 Å². The van der Waals surface area contributed by atoms with Crippen LogP contribution in [0.2, 0.25) is 0 Å². The molecule has 0 aliphatic heterocycles. The predicted octanol–water partition coefficient (Wildman–Crippen LogP) is 0.281. The van der Waals surface area contributed by atoms with Gasteiger partial charge >= 0.3 is 0 Å². The first-order valence-electron chi connectivity index (χ1n) is 3.78. The quantitative estimate of drug-likeness (QED) is 0.542. The number of hydrogen-bond donors (Lipinski definition) is 0. The zero-order chi connectivity index (χ0) is 8.97. The van der Waals surface area contributed by atoms with Crippen molar-refractivity contribution in [2.45, 2.75) is 6.92 Å². The summed E-state index contributed by atoms with van der Waals surface area (Å²) in [4.78, 5) is 8.05. The van der Waals surface area contributed by atoms with E-state index in [0.29, 0.717) is 0 Å². The third-order valence-electron chi connectivity index (χ3n) is 1.52. The van der Waals surface area contributed by atoms with Gasteiger partial charge in [-0.05, 0) is 29.8 Å². The average Bonchev–Trinajstić information content (AvgIpc) is 2.03. The van der Waals surface area contributed by atoms with Gasteiger partial charge in [-0.2, -0.15) is 0 Å². The molecule has 0 unspecified atom stereocenters. The summed E-state index contributed by atoms with van der Waals surface area (Å²) in [7, 11) is 1.73. The van der Waals surface area contributed by atoms with Crippen molar-refractivity contribution in [2.24, 2.45) is 4.99 Å². The molecular formula is C10H12N2. The van der Waals surface area contributed by atoms with E-state index in [-0.39, 0.29) is 0 Å². The fourth-order valence-electron chi connectivity index (χ4n) is 0.936. The van der Waals surface area contributed by atoms with Gasteiger partial charge in [-0.25, -0.2) is 0 Å². The number of aryl methyl sites for hydroxylation is 1. The average molecular weight is 160 g/mol. The SMILES string of the molecule is C=c1cc(C)cn/c1=C/C=NC. The van der Waals surface area contributed by atoms with Gasteiger partial charge in [0.1, 0.15) is 0 Å². The van der Waals surface area contributed by atoms with Gasteiger partial charge in [0.2, 0.25) is 0 Å². The largest absolute Gasteiger partial charge is 0.296 e. The number of rotatable bonds is 1. The number of nitrogens with zero attached hydrogens (tertiary/aromatic N) is 2. The zero-order valence-electron chi connectivity index (χ0n) is 7.41. The molecule has 0 aliphatic rings. The highest BCUT2D eigenvalue weighted by molar-refractivity contribution is 5.90. The molecule has 1 rings (SSSR count). The van der Waals surface area contributed by atoms with Crippen molar-refractivity contribution in [2.75, 3.05) is 7.05 Å². The molecule has 0 amide bonds. The molecule has 0 radical (unpaired) electrons. The van der Waals surface area contributed by atoms with Gasteiger partial charge in [-0.15, -0.1) is 0 Å². The van der Waals surface area contributed by atoms with E-state index < -0.39 is 0 Å². The second kappa shape index (κ2) is 3.81. The lowest BCUT2D eigenvalue weighted by atomic mass is 10.2. The molecule has 2 heteroatoms. The molecule has 0 N–H and O–H groups in total. The Hall–Kier alpha value is -1.44. The van der Waals surface area contributed by atoms with Crippen LogP contribution in [-0.2, 0) is 0 Å². The lowest BCUT2D eigenvalue weighted by molar-refractivity contribution is 1.19. The minimum Gasteiger partial charge on any atom is -0.296 e. The Morgan fingerprint density at radius 2 is 2.33 bits per heavy atom. The fraction of sp³-hybridized carbons (Fsp3) is 0.200. The van der Waals surface area contributed by atoms with Crippen LogP contribution in [0.15, 0.2) is 17.3 Å². The molecule has 1 aromatic rings. The van der Waals surface area contributed by atoms with Crippen LogP contribution >= 0.6 is 0 Å². The molecule has 2 nitrogen and oxygen atoms in total. The molecule has 0 spiro atoms. The number of aromatic nitrogens is 1. The molecule has 0 saturated carbocycles. The van der Waals surface area contributed by atoms with Crippen LogP contribution in [0.3, 0.4) is 0 Å². The monoisotopic (exact) mass is 160 g/mol. The Morgan fingerprint density at radius 3 is 2.92 bits per heavy atom. The van der Waals surface area contributed by atoms with E-state index in [1.807, 2.05) is 25.3 Å². The van der Waals surface area contributed by atoms with Gasteiger partial charge in [0.05, 0.1) is 5.35 Å². The van der Waals surface area contributed by atoms with E-state index in [2.05, 4.69) is 16.6 Å². The van der Waals surface area contributed by atoms with E-state index in [9.17, 15) is 0 Å². The second-order valence-corrected chi connectivity index (χ2v) is 2.63. The Morgan fingerprint density at radius 1 is 1.58 bits per heavy atom. The lowest BCUT2D eigenvalue weighted by Gasteiger charge is -1.89. The summed E-state index contributed by atoms with van der Waals surface area (Å²) in [6.07, 6.45) is 5.39. The summed E-state index contributed by atoms with van der Waals surface area (Å²) in [6.45, 7) is 5.88. The van der Waals surface area contributed by atoms with Gasteiger partial charge in [0, 0.05) is 19.5 Å². The minimum atomic E-state index is 0.881. The van der Waals surface area contributed by atoms with Crippen LogP contribution in [0.1, 0.15) is 5.56 Å². The third-order valence-corrected chi connectivity index (χ3v) is 1.52. The number of aliphatic imine (C=N–C) groups is 1. The molecular weight excluding hydrogens is 148 g/mol. The molecule has 1 heterocycles. The van der Waals surface area contributed by atoms with Crippen molar-refractivity contribution in [1.82, 2.24) is 4.98 Å². The highest BCUT2D eigenvalue weighted by Gasteiger charge is 1.84. The summed E-state index contributed by atoms with van der Waals surface area (Å²) >= 11 is 0. The molecule has 62 valence electrons. The maximum atomic E-state index is 4.21. The minimum absolute atomic E-state index is 0.881. The van der Waals surface area contributed by atoms with Crippen LogP contribution in [0, 0.1) is 6.92 Å². The normalized spacial score (nSPS) is 12.7. The smallest absolute Gasteiger partial charge is 0.0711 e. The Bertz CT molecular complexity index is 391. The van der Waals surface area contributed by atoms with E-state index in [4.69, 9.17) is 0 Å². The highest BCUT2D eigenvalue weighted by atomic mass is 14.7. The number of pyridine rings is 1. The fourth-order valence-corrected chi connectivity index (χ4v) is 0.936. The zero-order valence-corrected chi connectivity index (χ0v) is 7.41. The van der Waals surface area contributed by atoms with Crippen molar-refractivity contribution in [3.05, 3.63) is 28.4 Å². The summed E-state index contributed by atoms with van der Waals surface area (Å²) in [6, 6.07) is 2.00. The predicted molar refractivity (Wildman–Crippen MR) is 52.6 cm³/mol. The molecule has 0 aromatic carbocycles. The first kappa shape index (κ1) is 8.65. The maximum Gasteiger partial charge on any atom is 0.0711 e. The van der Waals surface area contributed by atoms with Crippen molar-refractivity contribution >= 4 is 18.9 Å². The second-order valence-electron chi connectivity index (χ2n) is 2.63. The van der Waals surface area contributed by atoms with Crippen LogP contribution in [0.5, 0.6) is 0 Å². The van der Waals surface area contributed by atoms with Gasteiger partial charge in [-0.1, -0.05) is 6.58 Å². The first-order valence-corrected chi connectivity index (χ1v) is 3.78. The Balaban J connectivity index is 3.28. The topological polar surface area (TPSA) is 25.2 Å². The Kier molecular flexibility index (Phi) is 2.75. The number of hydrogen-bond acceptors (Lipinski definition) is 2. The van der Waals surface area contributed by atoms with Crippen LogP contribution < -0.4 is 10.6 Å².